The lowest BCUT2D eigenvalue weighted by molar-refractivity contribution is 0.0999. The molecule has 0 heterocycles. The molecule has 1 aromatic carbocycles. The van der Waals surface area contributed by atoms with Gasteiger partial charge in [0.1, 0.15) is 0 Å². The van der Waals surface area contributed by atoms with Crippen LogP contribution in [-0.4, -0.2) is 5.91 Å². The molecule has 0 radical (unpaired) electrons. The van der Waals surface area contributed by atoms with Crippen LogP contribution in [0, 0.1) is 0 Å². The van der Waals surface area contributed by atoms with Crippen molar-refractivity contribution in [3.05, 3.63) is 34.9 Å². The molecule has 1 rings (SSSR count). The number of carbonyl (C=O) groups is 1. The molecule has 0 saturated heterocycles. The molecule has 2 nitrogen and oxygen atoms in total. The van der Waals surface area contributed by atoms with E-state index in [4.69, 9.17) is 5.73 Å². The predicted octanol–water partition coefficient (Wildman–Crippen LogP) is 4.25. The second-order valence-electron chi connectivity index (χ2n) is 5.22. The third-order valence-corrected chi connectivity index (χ3v) is 3.62. The lowest BCUT2D eigenvalue weighted by Gasteiger charge is -2.13. The summed E-state index contributed by atoms with van der Waals surface area (Å²) in [6, 6.07) is 5.99. The number of nitrogens with two attached hydrogens (primary N) is 1. The maximum atomic E-state index is 11.6. The van der Waals surface area contributed by atoms with Gasteiger partial charge in [-0.05, 0) is 42.9 Å². The molecule has 0 aliphatic carbocycles. The SMILES string of the molecule is CCCCCc1cccc(C(N)=O)c1CCCCC. The average molecular weight is 261 g/mol. The maximum absolute atomic E-state index is 11.6. The Labute approximate surface area is 117 Å². The Morgan fingerprint density at radius 3 is 2.21 bits per heavy atom. The van der Waals surface area contributed by atoms with E-state index in [0.717, 1.165) is 24.8 Å². The van der Waals surface area contributed by atoms with Gasteiger partial charge < -0.3 is 5.73 Å². The van der Waals surface area contributed by atoms with E-state index in [2.05, 4.69) is 19.9 Å². The van der Waals surface area contributed by atoms with Crippen molar-refractivity contribution in [1.82, 2.24) is 0 Å². The molecule has 0 fully saturated rings. The zero-order valence-electron chi connectivity index (χ0n) is 12.4. The van der Waals surface area contributed by atoms with Crippen molar-refractivity contribution in [3.63, 3.8) is 0 Å². The molecule has 2 N–H and O–H groups in total. The zero-order valence-corrected chi connectivity index (χ0v) is 12.4. The first-order valence-electron chi connectivity index (χ1n) is 7.61. The van der Waals surface area contributed by atoms with Crippen LogP contribution in [0.1, 0.15) is 73.9 Å². The third-order valence-electron chi connectivity index (χ3n) is 3.62. The number of benzene rings is 1. The molecule has 106 valence electrons. The number of carbonyl (C=O) groups excluding carboxylic acids is 1. The van der Waals surface area contributed by atoms with Crippen molar-refractivity contribution < 1.29 is 4.79 Å². The second kappa shape index (κ2) is 8.73. The van der Waals surface area contributed by atoms with Crippen LogP contribution in [0.5, 0.6) is 0 Å². The normalized spacial score (nSPS) is 10.6. The van der Waals surface area contributed by atoms with Gasteiger partial charge in [-0.15, -0.1) is 0 Å². The first-order valence-corrected chi connectivity index (χ1v) is 7.61. The molecule has 1 aromatic rings. The molecule has 0 saturated carbocycles. The summed E-state index contributed by atoms with van der Waals surface area (Å²) in [6.07, 6.45) is 9.26. The summed E-state index contributed by atoms with van der Waals surface area (Å²) in [5.74, 6) is -0.288. The van der Waals surface area contributed by atoms with Crippen LogP contribution in [-0.2, 0) is 12.8 Å². The molecule has 0 aliphatic rings. The number of rotatable bonds is 9. The second-order valence-corrected chi connectivity index (χ2v) is 5.22. The Balaban J connectivity index is 2.86. The molecule has 0 atom stereocenters. The van der Waals surface area contributed by atoms with Crippen LogP contribution in [0.15, 0.2) is 18.2 Å². The number of hydrogen-bond donors (Lipinski definition) is 1. The fourth-order valence-electron chi connectivity index (χ4n) is 2.51. The quantitative estimate of drug-likeness (QED) is 0.663. The molecule has 1 amide bonds. The van der Waals surface area contributed by atoms with Crippen LogP contribution in [0.2, 0.25) is 0 Å². The highest BCUT2D eigenvalue weighted by Crippen LogP contribution is 2.20. The van der Waals surface area contributed by atoms with Crippen molar-refractivity contribution in [2.75, 3.05) is 0 Å². The summed E-state index contributed by atoms with van der Waals surface area (Å²) in [7, 11) is 0. The van der Waals surface area contributed by atoms with Gasteiger partial charge >= 0.3 is 0 Å². The van der Waals surface area contributed by atoms with Gasteiger partial charge in [0.2, 0.25) is 5.91 Å². The van der Waals surface area contributed by atoms with E-state index < -0.39 is 0 Å². The van der Waals surface area contributed by atoms with E-state index in [1.54, 1.807) is 0 Å². The number of aryl methyl sites for hydroxylation is 1. The molecule has 0 unspecified atom stereocenters. The van der Waals surface area contributed by atoms with E-state index in [0.29, 0.717) is 0 Å². The molecular formula is C17H27NO. The van der Waals surface area contributed by atoms with E-state index >= 15 is 0 Å². The lowest BCUT2D eigenvalue weighted by Crippen LogP contribution is -2.15. The fraction of sp³-hybridized carbons (Fsp3) is 0.588. The largest absolute Gasteiger partial charge is 0.366 e. The molecule has 19 heavy (non-hydrogen) atoms. The van der Waals surface area contributed by atoms with Gasteiger partial charge in [0, 0.05) is 5.56 Å². The highest BCUT2D eigenvalue weighted by Gasteiger charge is 2.11. The Hall–Kier alpha value is -1.31. The Morgan fingerprint density at radius 1 is 1.00 bits per heavy atom. The minimum absolute atomic E-state index is 0.288. The van der Waals surface area contributed by atoms with E-state index in [1.165, 1.54) is 43.2 Å². The smallest absolute Gasteiger partial charge is 0.248 e. The molecule has 2 heteroatoms. The average Bonchev–Trinajstić information content (AvgIpc) is 2.40. The highest BCUT2D eigenvalue weighted by molar-refractivity contribution is 5.94. The molecular weight excluding hydrogens is 234 g/mol. The lowest BCUT2D eigenvalue weighted by atomic mass is 9.92. The van der Waals surface area contributed by atoms with Crippen LogP contribution in [0.4, 0.5) is 0 Å². The molecule has 0 aromatic heterocycles. The molecule has 0 spiro atoms. The van der Waals surface area contributed by atoms with E-state index in [9.17, 15) is 4.79 Å². The van der Waals surface area contributed by atoms with Crippen molar-refractivity contribution in [2.45, 2.75) is 65.2 Å². The third kappa shape index (κ3) is 5.06. The van der Waals surface area contributed by atoms with E-state index in [1.807, 2.05) is 12.1 Å². The first-order chi connectivity index (χ1) is 9.20. The summed E-state index contributed by atoms with van der Waals surface area (Å²) >= 11 is 0. The van der Waals surface area contributed by atoms with Gasteiger partial charge in [-0.3, -0.25) is 4.79 Å². The fourth-order valence-corrected chi connectivity index (χ4v) is 2.51. The van der Waals surface area contributed by atoms with Crippen LogP contribution < -0.4 is 5.73 Å². The van der Waals surface area contributed by atoms with Crippen LogP contribution in [0.25, 0.3) is 0 Å². The van der Waals surface area contributed by atoms with E-state index in [-0.39, 0.29) is 5.91 Å². The topological polar surface area (TPSA) is 43.1 Å². The Kier molecular flexibility index (Phi) is 7.24. The van der Waals surface area contributed by atoms with Gasteiger partial charge in [-0.25, -0.2) is 0 Å². The molecule has 0 bridgehead atoms. The monoisotopic (exact) mass is 261 g/mol. The number of primary amides is 1. The minimum Gasteiger partial charge on any atom is -0.366 e. The van der Waals surface area contributed by atoms with Gasteiger partial charge in [-0.2, -0.15) is 0 Å². The zero-order chi connectivity index (χ0) is 14.1. The highest BCUT2D eigenvalue weighted by atomic mass is 16.1. The number of unbranched alkanes of at least 4 members (excludes halogenated alkanes) is 4. The summed E-state index contributed by atoms with van der Waals surface area (Å²) < 4.78 is 0. The first kappa shape index (κ1) is 15.7. The van der Waals surface area contributed by atoms with Crippen molar-refractivity contribution in [3.8, 4) is 0 Å². The minimum atomic E-state index is -0.288. The van der Waals surface area contributed by atoms with Crippen LogP contribution in [0.3, 0.4) is 0 Å². The predicted molar refractivity (Wildman–Crippen MR) is 81.4 cm³/mol. The van der Waals surface area contributed by atoms with Gasteiger partial charge in [0.05, 0.1) is 0 Å². The van der Waals surface area contributed by atoms with Gasteiger partial charge in [-0.1, -0.05) is 51.7 Å². The molecule has 0 aliphatic heterocycles. The van der Waals surface area contributed by atoms with Crippen molar-refractivity contribution in [1.29, 1.82) is 0 Å². The standard InChI is InChI=1S/C17H27NO/c1-3-5-7-10-14-11-9-13-16(17(18)19)15(14)12-8-6-4-2/h9,11,13H,3-8,10,12H2,1-2H3,(H2,18,19). The Bertz CT molecular complexity index is 398. The summed E-state index contributed by atoms with van der Waals surface area (Å²) in [6.45, 7) is 4.41. The summed E-state index contributed by atoms with van der Waals surface area (Å²) in [5.41, 5.74) is 8.74. The summed E-state index contributed by atoms with van der Waals surface area (Å²) in [5, 5.41) is 0. The van der Waals surface area contributed by atoms with Crippen molar-refractivity contribution >= 4 is 5.91 Å². The van der Waals surface area contributed by atoms with Gasteiger partial charge in [0.15, 0.2) is 0 Å². The Morgan fingerprint density at radius 2 is 1.63 bits per heavy atom. The number of amides is 1. The van der Waals surface area contributed by atoms with Crippen LogP contribution >= 0.6 is 0 Å². The maximum Gasteiger partial charge on any atom is 0.248 e. The summed E-state index contributed by atoms with van der Waals surface area (Å²) in [4.78, 5) is 11.6. The van der Waals surface area contributed by atoms with Crippen molar-refractivity contribution in [2.24, 2.45) is 5.73 Å². The van der Waals surface area contributed by atoms with Gasteiger partial charge in [0.25, 0.3) is 0 Å². The number of hydrogen-bond acceptors (Lipinski definition) is 1.